The van der Waals surface area contributed by atoms with E-state index in [0.717, 1.165) is 11.3 Å². The number of nitrogens with two attached hydrogens (primary N) is 1. The number of methoxy groups -OCH3 is 1. The second-order valence-electron chi connectivity index (χ2n) is 6.72. The highest BCUT2D eigenvalue weighted by atomic mass is 35.5. The fourth-order valence-corrected chi connectivity index (χ4v) is 3.57. The summed E-state index contributed by atoms with van der Waals surface area (Å²) in [5, 5.41) is 33.0. The summed E-state index contributed by atoms with van der Waals surface area (Å²) in [4.78, 5) is 6.95. The van der Waals surface area contributed by atoms with E-state index in [1.54, 1.807) is 13.2 Å². The molecule has 4 atom stereocenters. The lowest BCUT2D eigenvalue weighted by Gasteiger charge is -2.17. The first-order chi connectivity index (χ1) is 13.4. The SMILES string of the molecule is COc1cccc(C=Cc2c(Cl)nc(N)[nH+]c2NC2CC(CO)C(O)C2O)c1. The van der Waals surface area contributed by atoms with Crippen LogP contribution in [0.5, 0.6) is 5.75 Å². The van der Waals surface area contributed by atoms with E-state index in [2.05, 4.69) is 15.3 Å². The minimum absolute atomic E-state index is 0.109. The topological polar surface area (TPSA) is 135 Å². The second kappa shape index (κ2) is 8.74. The molecule has 0 spiro atoms. The number of hydrogen-bond donors (Lipinski definition) is 5. The van der Waals surface area contributed by atoms with Gasteiger partial charge in [0.2, 0.25) is 11.0 Å². The smallest absolute Gasteiger partial charge is 0.343 e. The average Bonchev–Trinajstić information content (AvgIpc) is 2.95. The highest BCUT2D eigenvalue weighted by molar-refractivity contribution is 6.31. The van der Waals surface area contributed by atoms with Gasteiger partial charge < -0.3 is 31.1 Å². The van der Waals surface area contributed by atoms with Crippen molar-refractivity contribution in [2.75, 3.05) is 24.8 Å². The van der Waals surface area contributed by atoms with Gasteiger partial charge in [-0.3, -0.25) is 0 Å². The van der Waals surface area contributed by atoms with Crippen LogP contribution in [0.25, 0.3) is 12.2 Å². The number of anilines is 2. The Morgan fingerprint density at radius 3 is 2.82 bits per heavy atom. The lowest BCUT2D eigenvalue weighted by atomic mass is 10.1. The molecule has 3 rings (SSSR count). The van der Waals surface area contributed by atoms with Gasteiger partial charge in [0.05, 0.1) is 24.8 Å². The van der Waals surface area contributed by atoms with Crippen LogP contribution in [0.15, 0.2) is 24.3 Å². The molecule has 1 aromatic carbocycles. The number of aromatic nitrogens is 2. The van der Waals surface area contributed by atoms with Gasteiger partial charge in [-0.25, -0.2) is 4.98 Å². The van der Waals surface area contributed by atoms with Crippen LogP contribution in [0.4, 0.5) is 11.8 Å². The summed E-state index contributed by atoms with van der Waals surface area (Å²) in [7, 11) is 1.60. The number of benzene rings is 1. The van der Waals surface area contributed by atoms with Crippen molar-refractivity contribution in [3.63, 3.8) is 0 Å². The van der Waals surface area contributed by atoms with E-state index in [0.29, 0.717) is 17.8 Å². The van der Waals surface area contributed by atoms with Crippen molar-refractivity contribution < 1.29 is 25.0 Å². The summed E-state index contributed by atoms with van der Waals surface area (Å²) >= 11 is 6.29. The van der Waals surface area contributed by atoms with Gasteiger partial charge in [0, 0.05) is 12.5 Å². The average molecular weight is 408 g/mol. The zero-order valence-corrected chi connectivity index (χ0v) is 16.1. The maximum atomic E-state index is 10.3. The molecule has 8 nitrogen and oxygen atoms in total. The molecule has 150 valence electrons. The van der Waals surface area contributed by atoms with Crippen LogP contribution in [0, 0.1) is 5.92 Å². The highest BCUT2D eigenvalue weighted by Gasteiger charge is 2.42. The molecule has 1 fully saturated rings. The number of nitrogens with zero attached hydrogens (tertiary/aromatic N) is 1. The van der Waals surface area contributed by atoms with E-state index < -0.39 is 24.2 Å². The van der Waals surface area contributed by atoms with E-state index in [4.69, 9.17) is 22.1 Å². The van der Waals surface area contributed by atoms with Crippen molar-refractivity contribution >= 4 is 35.5 Å². The Labute approximate surface area is 167 Å². The number of nitrogen functional groups attached to an aromatic ring is 1. The molecule has 28 heavy (non-hydrogen) atoms. The Hall–Kier alpha value is -2.39. The Kier molecular flexibility index (Phi) is 6.35. The first-order valence-corrected chi connectivity index (χ1v) is 9.24. The molecule has 1 aliphatic carbocycles. The fourth-order valence-electron chi connectivity index (χ4n) is 3.32. The minimum atomic E-state index is -1.03. The van der Waals surface area contributed by atoms with Crippen LogP contribution in [0.2, 0.25) is 5.15 Å². The van der Waals surface area contributed by atoms with Crippen LogP contribution >= 0.6 is 11.6 Å². The largest absolute Gasteiger partial charge is 0.497 e. The molecule has 4 unspecified atom stereocenters. The molecule has 1 heterocycles. The number of aliphatic hydroxyl groups excluding tert-OH is 3. The van der Waals surface area contributed by atoms with Crippen molar-refractivity contribution in [3.05, 3.63) is 40.5 Å². The van der Waals surface area contributed by atoms with Crippen molar-refractivity contribution in [2.24, 2.45) is 5.92 Å². The number of nitrogens with one attached hydrogen (secondary N) is 2. The van der Waals surface area contributed by atoms with Crippen molar-refractivity contribution in [1.82, 2.24) is 4.98 Å². The van der Waals surface area contributed by atoms with Gasteiger partial charge in [0.25, 0.3) is 0 Å². The van der Waals surface area contributed by atoms with Crippen molar-refractivity contribution in [3.8, 4) is 5.75 Å². The standard InChI is InChI=1S/C19H23ClN4O4/c1-28-12-4-2-3-10(7-12)5-6-13-17(20)23-19(21)24-18(13)22-14-8-11(9-25)15(26)16(14)27/h2-7,11,14-16,25-27H,8-9H2,1H3,(H3,21,22,23,24)/p+1. The number of H-pyrrole nitrogens is 1. The van der Waals surface area contributed by atoms with E-state index in [9.17, 15) is 15.3 Å². The first kappa shape index (κ1) is 20.3. The van der Waals surface area contributed by atoms with Gasteiger partial charge in [-0.15, -0.1) is 0 Å². The fraction of sp³-hybridized carbons (Fsp3) is 0.368. The lowest BCUT2D eigenvalue weighted by Crippen LogP contribution is -2.37. The van der Waals surface area contributed by atoms with Crippen LogP contribution < -0.4 is 20.8 Å². The molecule has 0 radical (unpaired) electrons. The lowest BCUT2D eigenvalue weighted by molar-refractivity contribution is -0.348. The van der Waals surface area contributed by atoms with Gasteiger partial charge in [-0.2, -0.15) is 0 Å². The number of aromatic amines is 1. The number of halogens is 1. The zero-order chi connectivity index (χ0) is 20.3. The van der Waals surface area contributed by atoms with E-state index in [1.807, 2.05) is 30.3 Å². The summed E-state index contributed by atoms with van der Waals surface area (Å²) in [6.07, 6.45) is 1.97. The van der Waals surface area contributed by atoms with Gasteiger partial charge in [0.1, 0.15) is 11.9 Å². The highest BCUT2D eigenvalue weighted by Crippen LogP contribution is 2.30. The molecule has 7 N–H and O–H groups in total. The summed E-state index contributed by atoms with van der Waals surface area (Å²) in [5.74, 6) is 0.897. The Balaban J connectivity index is 1.89. The molecule has 0 saturated heterocycles. The van der Waals surface area contributed by atoms with E-state index >= 15 is 0 Å². The molecule has 1 aliphatic rings. The van der Waals surface area contributed by atoms with Crippen molar-refractivity contribution in [1.29, 1.82) is 0 Å². The number of hydrogen-bond acceptors (Lipinski definition) is 7. The van der Waals surface area contributed by atoms with E-state index in [-0.39, 0.29) is 17.7 Å². The molecule has 0 aliphatic heterocycles. The molecule has 0 bridgehead atoms. The first-order valence-electron chi connectivity index (χ1n) is 8.87. The van der Waals surface area contributed by atoms with Gasteiger partial charge >= 0.3 is 5.95 Å². The predicted octanol–water partition coefficient (Wildman–Crippen LogP) is 0.825. The summed E-state index contributed by atoms with van der Waals surface area (Å²) < 4.78 is 5.22. The number of aliphatic hydroxyl groups is 3. The summed E-state index contributed by atoms with van der Waals surface area (Å²) in [6, 6.07) is 7.02. The maximum absolute atomic E-state index is 10.3. The van der Waals surface area contributed by atoms with Crippen LogP contribution in [-0.2, 0) is 0 Å². The minimum Gasteiger partial charge on any atom is -0.497 e. The third-order valence-electron chi connectivity index (χ3n) is 4.87. The van der Waals surface area contributed by atoms with Gasteiger partial charge in [-0.1, -0.05) is 23.2 Å². The van der Waals surface area contributed by atoms with Crippen LogP contribution in [0.1, 0.15) is 17.5 Å². The Morgan fingerprint density at radius 2 is 2.14 bits per heavy atom. The Morgan fingerprint density at radius 1 is 1.36 bits per heavy atom. The molecular weight excluding hydrogens is 384 g/mol. The molecule has 0 amide bonds. The third-order valence-corrected chi connectivity index (χ3v) is 5.15. The number of rotatable bonds is 6. The van der Waals surface area contributed by atoms with E-state index in [1.165, 1.54) is 0 Å². The second-order valence-corrected chi connectivity index (χ2v) is 7.08. The van der Waals surface area contributed by atoms with Crippen molar-refractivity contribution in [2.45, 2.75) is 24.7 Å². The van der Waals surface area contributed by atoms with Gasteiger partial charge in [0.15, 0.2) is 0 Å². The summed E-state index contributed by atoms with van der Waals surface area (Å²) in [5.41, 5.74) is 7.23. The molecule has 1 aromatic heterocycles. The van der Waals surface area contributed by atoms with Crippen LogP contribution in [-0.4, -0.2) is 52.3 Å². The molecule has 2 aromatic rings. The Bertz CT molecular complexity index is 864. The zero-order valence-electron chi connectivity index (χ0n) is 15.3. The van der Waals surface area contributed by atoms with Gasteiger partial charge in [-0.05, 0) is 41.8 Å². The maximum Gasteiger partial charge on any atom is 0.343 e. The third kappa shape index (κ3) is 4.36. The quantitative estimate of drug-likeness (QED) is 0.447. The normalized spacial score (nSPS) is 24.6. The molecule has 1 saturated carbocycles. The number of ether oxygens (including phenoxy) is 1. The monoisotopic (exact) mass is 407 g/mol. The predicted molar refractivity (Wildman–Crippen MR) is 107 cm³/mol. The van der Waals surface area contributed by atoms with Crippen LogP contribution in [0.3, 0.4) is 0 Å². The summed E-state index contributed by atoms with van der Waals surface area (Å²) in [6.45, 7) is -0.206. The molecular formula is C19H24ClN4O4+. The molecule has 9 heteroatoms.